The van der Waals surface area contributed by atoms with E-state index in [1.165, 1.54) is 0 Å². The number of carbonyl (C=O) groups is 1. The number of aromatic nitrogens is 1. The number of nitrogens with zero attached hydrogens (tertiary/aromatic N) is 1. The fraction of sp³-hybridized carbons (Fsp3) is 0.143. The summed E-state index contributed by atoms with van der Waals surface area (Å²) in [6.45, 7) is 0.849. The maximum atomic E-state index is 11.8. The van der Waals surface area contributed by atoms with Gasteiger partial charge in [-0.1, -0.05) is 11.8 Å². The van der Waals surface area contributed by atoms with Crippen LogP contribution in [0, 0.1) is 11.8 Å². The van der Waals surface area contributed by atoms with E-state index in [1.54, 1.807) is 35.9 Å². The van der Waals surface area contributed by atoms with E-state index in [-0.39, 0.29) is 5.91 Å². The Morgan fingerprint density at radius 1 is 1.32 bits per heavy atom. The van der Waals surface area contributed by atoms with Gasteiger partial charge in [-0.25, -0.2) is 0 Å². The summed E-state index contributed by atoms with van der Waals surface area (Å²) < 4.78 is 0. The van der Waals surface area contributed by atoms with Crippen molar-refractivity contribution in [2.24, 2.45) is 5.73 Å². The molecule has 2 aromatic heterocycles. The molecule has 0 unspecified atom stereocenters. The van der Waals surface area contributed by atoms with Crippen LogP contribution < -0.4 is 11.1 Å². The predicted molar refractivity (Wildman–Crippen MR) is 75.7 cm³/mol. The van der Waals surface area contributed by atoms with Crippen LogP contribution in [0.15, 0.2) is 36.7 Å². The zero-order chi connectivity index (χ0) is 13.5. The summed E-state index contributed by atoms with van der Waals surface area (Å²) in [4.78, 5) is 17.7. The van der Waals surface area contributed by atoms with Crippen LogP contribution in [0.3, 0.4) is 0 Å². The average molecular weight is 271 g/mol. The molecule has 2 heterocycles. The largest absolute Gasteiger partial charge is 0.347 e. The number of carbonyl (C=O) groups excluding carboxylic acids is 1. The highest BCUT2D eigenvalue weighted by Gasteiger charge is 2.05. The van der Waals surface area contributed by atoms with E-state index in [2.05, 4.69) is 22.1 Å². The predicted octanol–water partition coefficient (Wildman–Crippen LogP) is 1.38. The van der Waals surface area contributed by atoms with Gasteiger partial charge in [0.1, 0.15) is 0 Å². The van der Waals surface area contributed by atoms with Crippen molar-refractivity contribution < 1.29 is 4.79 Å². The molecule has 0 atom stereocenters. The third-order valence-corrected chi connectivity index (χ3v) is 3.34. The maximum absolute atomic E-state index is 11.8. The van der Waals surface area contributed by atoms with Gasteiger partial charge in [0, 0.05) is 22.8 Å². The van der Waals surface area contributed by atoms with Crippen LogP contribution in [-0.2, 0) is 6.54 Å². The van der Waals surface area contributed by atoms with Crippen molar-refractivity contribution in [1.29, 1.82) is 0 Å². The number of amides is 1. The van der Waals surface area contributed by atoms with Gasteiger partial charge in [-0.15, -0.1) is 11.3 Å². The van der Waals surface area contributed by atoms with Gasteiger partial charge in [0.25, 0.3) is 5.91 Å². The van der Waals surface area contributed by atoms with Gasteiger partial charge in [0.2, 0.25) is 0 Å². The van der Waals surface area contributed by atoms with Crippen molar-refractivity contribution in [1.82, 2.24) is 10.3 Å². The van der Waals surface area contributed by atoms with Gasteiger partial charge in [-0.3, -0.25) is 9.78 Å². The van der Waals surface area contributed by atoms with E-state index in [0.717, 1.165) is 9.75 Å². The molecule has 19 heavy (non-hydrogen) atoms. The van der Waals surface area contributed by atoms with Gasteiger partial charge < -0.3 is 11.1 Å². The Kier molecular flexibility index (Phi) is 4.67. The van der Waals surface area contributed by atoms with Crippen molar-refractivity contribution in [2.75, 3.05) is 6.54 Å². The molecule has 5 heteroatoms. The number of hydrogen-bond donors (Lipinski definition) is 2. The first-order valence-corrected chi connectivity index (χ1v) is 6.57. The van der Waals surface area contributed by atoms with Crippen molar-refractivity contribution in [3.63, 3.8) is 0 Å². The summed E-state index contributed by atoms with van der Waals surface area (Å²) in [7, 11) is 0. The molecule has 0 bridgehead atoms. The molecule has 1 amide bonds. The van der Waals surface area contributed by atoms with Crippen molar-refractivity contribution >= 4 is 17.2 Å². The van der Waals surface area contributed by atoms with E-state index in [9.17, 15) is 4.79 Å². The number of hydrogen-bond acceptors (Lipinski definition) is 4. The number of nitrogens with two attached hydrogens (primary N) is 1. The SMILES string of the molecule is NCC#Cc1ccc(CNC(=O)c2ccncc2)s1. The van der Waals surface area contributed by atoms with Crippen LogP contribution in [0.1, 0.15) is 20.1 Å². The van der Waals surface area contributed by atoms with Gasteiger partial charge in [-0.2, -0.15) is 0 Å². The maximum Gasteiger partial charge on any atom is 0.251 e. The molecule has 0 saturated heterocycles. The summed E-state index contributed by atoms with van der Waals surface area (Å²) in [6, 6.07) is 7.25. The highest BCUT2D eigenvalue weighted by atomic mass is 32.1. The third-order valence-electron chi connectivity index (χ3n) is 2.34. The first-order valence-electron chi connectivity index (χ1n) is 5.75. The van der Waals surface area contributed by atoms with Crippen LogP contribution in [0.25, 0.3) is 0 Å². The zero-order valence-corrected chi connectivity index (χ0v) is 11.0. The van der Waals surface area contributed by atoms with Crippen LogP contribution in [0.4, 0.5) is 0 Å². The van der Waals surface area contributed by atoms with Crippen LogP contribution >= 0.6 is 11.3 Å². The topological polar surface area (TPSA) is 68.0 Å². The average Bonchev–Trinajstić information content (AvgIpc) is 2.91. The smallest absolute Gasteiger partial charge is 0.251 e. The summed E-state index contributed by atoms with van der Waals surface area (Å²) in [5.74, 6) is 5.66. The molecule has 3 N–H and O–H groups in total. The molecule has 2 aromatic rings. The van der Waals surface area contributed by atoms with Gasteiger partial charge in [0.15, 0.2) is 0 Å². The molecule has 0 radical (unpaired) electrons. The minimum Gasteiger partial charge on any atom is -0.347 e. The zero-order valence-electron chi connectivity index (χ0n) is 10.2. The molecule has 2 rings (SSSR count). The Morgan fingerprint density at radius 2 is 2.11 bits per heavy atom. The molecule has 96 valence electrons. The minimum absolute atomic E-state index is 0.106. The minimum atomic E-state index is -0.106. The second-order valence-corrected chi connectivity index (χ2v) is 4.86. The van der Waals surface area contributed by atoms with Crippen molar-refractivity contribution in [2.45, 2.75) is 6.54 Å². The van der Waals surface area contributed by atoms with Gasteiger partial charge >= 0.3 is 0 Å². The number of thiophene rings is 1. The molecule has 0 aliphatic rings. The van der Waals surface area contributed by atoms with Crippen molar-refractivity contribution in [3.8, 4) is 11.8 Å². The highest BCUT2D eigenvalue weighted by molar-refractivity contribution is 7.12. The Hall–Kier alpha value is -2.16. The second-order valence-electron chi connectivity index (χ2n) is 3.69. The molecular weight excluding hydrogens is 258 g/mol. The van der Waals surface area contributed by atoms with Gasteiger partial charge in [-0.05, 0) is 24.3 Å². The number of nitrogens with one attached hydrogen (secondary N) is 1. The van der Waals surface area contributed by atoms with Crippen LogP contribution in [0.2, 0.25) is 0 Å². The number of pyridine rings is 1. The summed E-state index contributed by atoms with van der Waals surface area (Å²) in [5.41, 5.74) is 5.92. The lowest BCUT2D eigenvalue weighted by Gasteiger charge is -2.02. The van der Waals surface area contributed by atoms with E-state index < -0.39 is 0 Å². The molecule has 4 nitrogen and oxygen atoms in total. The van der Waals surface area contributed by atoms with Crippen LogP contribution in [-0.4, -0.2) is 17.4 Å². The van der Waals surface area contributed by atoms with E-state index in [1.807, 2.05) is 12.1 Å². The van der Waals surface area contributed by atoms with E-state index >= 15 is 0 Å². The lowest BCUT2D eigenvalue weighted by Crippen LogP contribution is -2.22. The molecule has 0 aliphatic heterocycles. The Labute approximate surface area is 115 Å². The second kappa shape index (κ2) is 6.69. The quantitative estimate of drug-likeness (QED) is 0.829. The van der Waals surface area contributed by atoms with Crippen LogP contribution in [0.5, 0.6) is 0 Å². The summed E-state index contributed by atoms with van der Waals surface area (Å²) in [5, 5.41) is 2.86. The monoisotopic (exact) mass is 271 g/mol. The summed E-state index contributed by atoms with van der Waals surface area (Å²) in [6.07, 6.45) is 3.20. The first-order chi connectivity index (χ1) is 9.29. The summed E-state index contributed by atoms with van der Waals surface area (Å²) >= 11 is 1.55. The van der Waals surface area contributed by atoms with Crippen molar-refractivity contribution in [3.05, 3.63) is 52.0 Å². The van der Waals surface area contributed by atoms with E-state index in [4.69, 9.17) is 5.73 Å². The highest BCUT2D eigenvalue weighted by Crippen LogP contribution is 2.15. The Morgan fingerprint density at radius 3 is 2.84 bits per heavy atom. The fourth-order valence-electron chi connectivity index (χ4n) is 1.45. The molecular formula is C14H13N3OS. The number of rotatable bonds is 3. The Balaban J connectivity index is 1.92. The fourth-order valence-corrected chi connectivity index (χ4v) is 2.27. The third kappa shape index (κ3) is 3.91. The standard InChI is InChI=1S/C14H13N3OS/c15-7-1-2-12-3-4-13(19-12)10-17-14(18)11-5-8-16-9-6-11/h3-6,8-9H,7,10,15H2,(H,17,18). The molecule has 0 aromatic carbocycles. The normalized spacial score (nSPS) is 9.53. The molecule has 0 aliphatic carbocycles. The first kappa shape index (κ1) is 13.3. The van der Waals surface area contributed by atoms with Gasteiger partial charge in [0.05, 0.1) is 18.0 Å². The lowest BCUT2D eigenvalue weighted by molar-refractivity contribution is 0.0951. The van der Waals surface area contributed by atoms with E-state index in [0.29, 0.717) is 18.7 Å². The molecule has 0 fully saturated rings. The lowest BCUT2D eigenvalue weighted by atomic mass is 10.2. The molecule has 0 saturated carbocycles. The Bertz CT molecular complexity index is 610. The molecule has 0 spiro atoms.